The number of carboxylic acids is 1. The van der Waals surface area contributed by atoms with Crippen LogP contribution in [0.3, 0.4) is 0 Å². The molecule has 0 aliphatic heterocycles. The molecule has 6 nitrogen and oxygen atoms in total. The third-order valence-corrected chi connectivity index (χ3v) is 7.19. The number of thiophene rings is 1. The molecular formula is C27H27Cl2N3O3S. The molecule has 0 radical (unpaired) electrons. The largest absolute Gasteiger partial charge is 0.481 e. The lowest BCUT2D eigenvalue weighted by atomic mass is 10.1. The van der Waals surface area contributed by atoms with Gasteiger partial charge in [0.05, 0.1) is 28.7 Å². The van der Waals surface area contributed by atoms with Crippen molar-refractivity contribution < 1.29 is 14.7 Å². The van der Waals surface area contributed by atoms with Crippen LogP contribution >= 0.6 is 34.5 Å². The average molecular weight is 545 g/mol. The normalized spacial score (nSPS) is 11.6. The highest BCUT2D eigenvalue weighted by Gasteiger charge is 2.20. The number of carbonyl (C=O) groups excluding carboxylic acids is 1. The highest BCUT2D eigenvalue weighted by Crippen LogP contribution is 2.35. The van der Waals surface area contributed by atoms with Crippen LogP contribution in [0.5, 0.6) is 0 Å². The zero-order chi connectivity index (χ0) is 25.1. The Morgan fingerprint density at radius 2 is 1.69 bits per heavy atom. The predicted molar refractivity (Wildman–Crippen MR) is 147 cm³/mol. The first-order valence-electron chi connectivity index (χ1n) is 10.9. The Hall–Kier alpha value is -3.13. The molecule has 0 spiro atoms. The third-order valence-electron chi connectivity index (χ3n) is 5.49. The Morgan fingerprint density at radius 3 is 2.33 bits per heavy atom. The standard InChI is InChI=1S/C26H23Cl2N3O3S.CH4/c1-15-3-5-17(6-4-15)22-14-21(18-11-19(27)13-20(28)12-18)30-31(22)16(2)23-7-8-24(35-23)26(34)29-10-9-25(32)33;/h3-8,11-14,16H,9-10H2,1-2H3,(H,29,34)(H,32,33);1H4. The van der Waals surface area contributed by atoms with Gasteiger partial charge in [-0.25, -0.2) is 0 Å². The number of carboxylic acid groups (broad SMARTS) is 1. The number of hydrogen-bond donors (Lipinski definition) is 2. The van der Waals surface area contributed by atoms with Gasteiger partial charge in [0.2, 0.25) is 0 Å². The van der Waals surface area contributed by atoms with Crippen molar-refractivity contribution in [3.63, 3.8) is 0 Å². The second-order valence-electron chi connectivity index (χ2n) is 8.16. The first-order chi connectivity index (χ1) is 16.7. The van der Waals surface area contributed by atoms with Gasteiger partial charge in [-0.05, 0) is 55.8 Å². The van der Waals surface area contributed by atoms with Gasteiger partial charge in [-0.3, -0.25) is 14.3 Å². The van der Waals surface area contributed by atoms with Crippen LogP contribution in [0.2, 0.25) is 10.0 Å². The van der Waals surface area contributed by atoms with Crippen LogP contribution in [-0.2, 0) is 4.79 Å². The molecular weight excluding hydrogens is 517 g/mol. The van der Waals surface area contributed by atoms with Gasteiger partial charge in [-0.1, -0.05) is 60.5 Å². The van der Waals surface area contributed by atoms with E-state index in [1.165, 1.54) is 11.3 Å². The molecule has 188 valence electrons. The van der Waals surface area contributed by atoms with E-state index in [1.54, 1.807) is 12.1 Å². The van der Waals surface area contributed by atoms with E-state index in [0.717, 1.165) is 33.0 Å². The quantitative estimate of drug-likeness (QED) is 0.243. The molecule has 0 fully saturated rings. The summed E-state index contributed by atoms with van der Waals surface area (Å²) in [5, 5.41) is 17.4. The number of aliphatic carboxylic acids is 1. The number of carbonyl (C=O) groups is 2. The second kappa shape index (κ2) is 11.7. The lowest BCUT2D eigenvalue weighted by Crippen LogP contribution is -2.25. The number of hydrogen-bond acceptors (Lipinski definition) is 4. The fourth-order valence-electron chi connectivity index (χ4n) is 3.66. The highest BCUT2D eigenvalue weighted by atomic mass is 35.5. The van der Waals surface area contributed by atoms with Crippen molar-refractivity contribution in [1.29, 1.82) is 0 Å². The summed E-state index contributed by atoms with van der Waals surface area (Å²) in [6, 6.07) is 19.1. The van der Waals surface area contributed by atoms with Crippen LogP contribution in [0.15, 0.2) is 60.7 Å². The fraction of sp³-hybridized carbons (Fsp3) is 0.222. The SMILES string of the molecule is C.Cc1ccc(-c2cc(-c3cc(Cl)cc(Cl)c3)nn2C(C)c2ccc(C(=O)NCCC(=O)O)s2)cc1. The molecule has 9 heteroatoms. The Morgan fingerprint density at radius 1 is 1.03 bits per heavy atom. The van der Waals surface area contributed by atoms with E-state index in [0.29, 0.717) is 14.9 Å². The Bertz CT molecular complexity index is 1360. The van der Waals surface area contributed by atoms with E-state index in [-0.39, 0.29) is 32.3 Å². The molecule has 0 saturated carbocycles. The molecule has 2 heterocycles. The van der Waals surface area contributed by atoms with E-state index < -0.39 is 5.97 Å². The second-order valence-corrected chi connectivity index (χ2v) is 10.1. The molecule has 1 atom stereocenters. The van der Waals surface area contributed by atoms with E-state index in [2.05, 4.69) is 29.6 Å². The molecule has 2 aromatic heterocycles. The van der Waals surface area contributed by atoms with Crippen LogP contribution in [0.4, 0.5) is 0 Å². The van der Waals surface area contributed by atoms with Gasteiger partial charge in [-0.2, -0.15) is 5.10 Å². The van der Waals surface area contributed by atoms with Crippen molar-refractivity contribution in [3.05, 3.63) is 86.0 Å². The van der Waals surface area contributed by atoms with Gasteiger partial charge in [0.1, 0.15) is 0 Å². The summed E-state index contributed by atoms with van der Waals surface area (Å²) in [6.07, 6.45) is -0.121. The molecule has 0 saturated heterocycles. The van der Waals surface area contributed by atoms with Gasteiger partial charge in [0.25, 0.3) is 5.91 Å². The first kappa shape index (κ1) is 27.5. The smallest absolute Gasteiger partial charge is 0.305 e. The van der Waals surface area contributed by atoms with Crippen molar-refractivity contribution in [2.75, 3.05) is 6.54 Å². The minimum absolute atomic E-state index is 0. The summed E-state index contributed by atoms with van der Waals surface area (Å²) < 4.78 is 1.94. The maximum Gasteiger partial charge on any atom is 0.305 e. The van der Waals surface area contributed by atoms with Crippen LogP contribution < -0.4 is 5.32 Å². The highest BCUT2D eigenvalue weighted by molar-refractivity contribution is 7.14. The summed E-state index contributed by atoms with van der Waals surface area (Å²) in [5.41, 5.74) is 4.64. The van der Waals surface area contributed by atoms with Crippen LogP contribution in [-0.4, -0.2) is 33.3 Å². The van der Waals surface area contributed by atoms with Gasteiger partial charge >= 0.3 is 5.97 Å². The van der Waals surface area contributed by atoms with Crippen molar-refractivity contribution >= 4 is 46.4 Å². The summed E-state index contributed by atoms with van der Waals surface area (Å²) in [6.45, 7) is 4.15. The molecule has 0 bridgehead atoms. The maximum absolute atomic E-state index is 12.4. The minimum atomic E-state index is -0.954. The monoisotopic (exact) mass is 543 g/mol. The number of nitrogens with one attached hydrogen (secondary N) is 1. The summed E-state index contributed by atoms with van der Waals surface area (Å²) in [4.78, 5) is 24.6. The number of benzene rings is 2. The number of nitrogens with zero attached hydrogens (tertiary/aromatic N) is 2. The third kappa shape index (κ3) is 6.35. The topological polar surface area (TPSA) is 84.2 Å². The molecule has 0 aliphatic carbocycles. The Kier molecular flexibility index (Phi) is 8.95. The van der Waals surface area contributed by atoms with Gasteiger partial charge in [0.15, 0.2) is 0 Å². The zero-order valence-electron chi connectivity index (χ0n) is 19.1. The number of rotatable bonds is 8. The van der Waals surface area contributed by atoms with Gasteiger partial charge < -0.3 is 10.4 Å². The molecule has 4 rings (SSSR count). The van der Waals surface area contributed by atoms with Crippen molar-refractivity contribution in [3.8, 4) is 22.5 Å². The number of amides is 1. The minimum Gasteiger partial charge on any atom is -0.481 e. The van der Waals surface area contributed by atoms with Crippen LogP contribution in [0.25, 0.3) is 22.5 Å². The van der Waals surface area contributed by atoms with E-state index >= 15 is 0 Å². The van der Waals surface area contributed by atoms with Crippen molar-refractivity contribution in [2.45, 2.75) is 33.7 Å². The molecule has 2 aromatic carbocycles. The van der Waals surface area contributed by atoms with Gasteiger partial charge in [0, 0.05) is 27.0 Å². The lowest BCUT2D eigenvalue weighted by Gasteiger charge is -2.15. The van der Waals surface area contributed by atoms with Crippen LogP contribution in [0, 0.1) is 6.92 Å². The first-order valence-corrected chi connectivity index (χ1v) is 12.5. The maximum atomic E-state index is 12.4. The molecule has 4 aromatic rings. The predicted octanol–water partition coefficient (Wildman–Crippen LogP) is 7.34. The molecule has 1 unspecified atom stereocenters. The number of halogens is 2. The van der Waals surface area contributed by atoms with Crippen LogP contribution in [0.1, 0.15) is 46.9 Å². The average Bonchev–Trinajstić information content (AvgIpc) is 3.46. The zero-order valence-corrected chi connectivity index (χ0v) is 21.4. The van der Waals surface area contributed by atoms with E-state index in [4.69, 9.17) is 33.4 Å². The summed E-state index contributed by atoms with van der Waals surface area (Å²) in [7, 11) is 0. The number of aryl methyl sites for hydroxylation is 1. The molecule has 36 heavy (non-hydrogen) atoms. The Balaban J connectivity index is 0.00000361. The van der Waals surface area contributed by atoms with Gasteiger partial charge in [-0.15, -0.1) is 11.3 Å². The molecule has 2 N–H and O–H groups in total. The van der Waals surface area contributed by atoms with Crippen molar-refractivity contribution in [1.82, 2.24) is 15.1 Å². The fourth-order valence-corrected chi connectivity index (χ4v) is 5.15. The van der Waals surface area contributed by atoms with Crippen molar-refractivity contribution in [2.24, 2.45) is 0 Å². The summed E-state index contributed by atoms with van der Waals surface area (Å²) in [5.74, 6) is -1.24. The molecule has 1 amide bonds. The Labute approximate surface area is 224 Å². The molecule has 0 aliphatic rings. The van der Waals surface area contributed by atoms with E-state index in [9.17, 15) is 9.59 Å². The lowest BCUT2D eigenvalue weighted by molar-refractivity contribution is -0.136. The summed E-state index contributed by atoms with van der Waals surface area (Å²) >= 11 is 13.8. The number of aromatic nitrogens is 2. The van der Waals surface area contributed by atoms with E-state index in [1.807, 2.05) is 42.8 Å².